The molecule has 4 N–H and O–H groups in total. The number of hydrogen-bond donors (Lipinski definition) is 3. The second-order valence-corrected chi connectivity index (χ2v) is 10.7. The summed E-state index contributed by atoms with van der Waals surface area (Å²) in [5.74, 6) is 0.107. The summed E-state index contributed by atoms with van der Waals surface area (Å²) < 4.78 is 26.4. The van der Waals surface area contributed by atoms with Crippen LogP contribution in [-0.4, -0.2) is 77.8 Å². The van der Waals surface area contributed by atoms with E-state index in [0.717, 1.165) is 25.7 Å². The average molecular weight is 509 g/mol. The Morgan fingerprint density at radius 1 is 1.28 bits per heavy atom. The molecule has 0 bridgehead atoms. The number of ether oxygens (including phenoxy) is 2. The first-order valence-electron chi connectivity index (χ1n) is 13.6. The van der Waals surface area contributed by atoms with Gasteiger partial charge in [-0.05, 0) is 63.5 Å². The summed E-state index contributed by atoms with van der Waals surface area (Å²) in [5.41, 5.74) is 4.77. The number of alkyl halides is 1. The van der Waals surface area contributed by atoms with Crippen LogP contribution >= 0.6 is 0 Å². The maximum Gasteiger partial charge on any atom is 0.225 e. The molecule has 2 fully saturated rings. The Morgan fingerprint density at radius 3 is 2.67 bits per heavy atom. The first-order valence-corrected chi connectivity index (χ1v) is 13.6. The smallest absolute Gasteiger partial charge is 0.225 e. The lowest BCUT2D eigenvalue weighted by Gasteiger charge is -2.44. The standard InChI is InChI=1S/C28H45FN2O5/c1-3-23(29)26(36-22-11-5-4-6-12-22)18-28(34,13-7-8-15-35-2)21-10-9-14-31(19-21)27(33)20-16-24(30)25(32)17-20/h4-6,11-12,20-21,23-26,32,34H,3,7-10,13-19,30H2,1-2H3/t20-,21?,23?,24+,25-,26?,28-/m0/s1. The molecule has 1 heterocycles. The van der Waals surface area contributed by atoms with Crippen LogP contribution < -0.4 is 10.5 Å². The summed E-state index contributed by atoms with van der Waals surface area (Å²) in [6.07, 6.45) is 2.20. The molecule has 1 saturated heterocycles. The highest BCUT2D eigenvalue weighted by Crippen LogP contribution is 2.38. The molecule has 2 aliphatic rings. The lowest BCUT2D eigenvalue weighted by Crippen LogP contribution is -2.53. The molecule has 1 aliphatic carbocycles. The fourth-order valence-corrected chi connectivity index (χ4v) is 5.80. The Kier molecular flexibility index (Phi) is 11.0. The first-order chi connectivity index (χ1) is 17.3. The highest BCUT2D eigenvalue weighted by molar-refractivity contribution is 5.79. The van der Waals surface area contributed by atoms with E-state index in [-0.39, 0.29) is 36.6 Å². The Bertz CT molecular complexity index is 789. The van der Waals surface area contributed by atoms with Crippen LogP contribution in [0.15, 0.2) is 30.3 Å². The van der Waals surface area contributed by atoms with Crippen LogP contribution in [0.4, 0.5) is 4.39 Å². The third-order valence-corrected chi connectivity index (χ3v) is 8.01. The van der Waals surface area contributed by atoms with Gasteiger partial charge in [0.25, 0.3) is 0 Å². The van der Waals surface area contributed by atoms with E-state index in [2.05, 4.69) is 0 Å². The molecule has 1 aromatic carbocycles. The van der Waals surface area contributed by atoms with E-state index in [0.29, 0.717) is 44.7 Å². The van der Waals surface area contributed by atoms with Crippen molar-refractivity contribution < 1.29 is 28.9 Å². The van der Waals surface area contributed by atoms with Crippen molar-refractivity contribution in [3.8, 4) is 5.75 Å². The molecule has 1 amide bonds. The number of halogens is 1. The van der Waals surface area contributed by atoms with Crippen molar-refractivity contribution in [1.82, 2.24) is 4.90 Å². The monoisotopic (exact) mass is 508 g/mol. The van der Waals surface area contributed by atoms with Gasteiger partial charge in [-0.15, -0.1) is 0 Å². The molecule has 7 atom stereocenters. The number of amides is 1. The van der Waals surface area contributed by atoms with Crippen LogP contribution in [0.25, 0.3) is 0 Å². The van der Waals surface area contributed by atoms with Crippen LogP contribution in [0.3, 0.4) is 0 Å². The van der Waals surface area contributed by atoms with Crippen molar-refractivity contribution in [3.63, 3.8) is 0 Å². The fourth-order valence-electron chi connectivity index (χ4n) is 5.80. The zero-order valence-corrected chi connectivity index (χ0v) is 21.9. The number of piperidine rings is 1. The number of para-hydroxylation sites is 1. The van der Waals surface area contributed by atoms with E-state index in [4.69, 9.17) is 15.2 Å². The van der Waals surface area contributed by atoms with Gasteiger partial charge in [0.1, 0.15) is 18.0 Å². The predicted molar refractivity (Wildman–Crippen MR) is 137 cm³/mol. The summed E-state index contributed by atoms with van der Waals surface area (Å²) in [6.45, 7) is 3.43. The number of nitrogens with two attached hydrogens (primary N) is 1. The minimum absolute atomic E-state index is 0.00226. The van der Waals surface area contributed by atoms with Crippen molar-refractivity contribution in [2.45, 2.75) is 94.7 Å². The highest BCUT2D eigenvalue weighted by Gasteiger charge is 2.45. The second kappa shape index (κ2) is 13.7. The number of aliphatic hydroxyl groups excluding tert-OH is 1. The Labute approximate surface area is 215 Å². The van der Waals surface area contributed by atoms with Crippen LogP contribution in [0.1, 0.15) is 64.7 Å². The number of rotatable bonds is 13. The van der Waals surface area contributed by atoms with Gasteiger partial charge in [0.2, 0.25) is 5.91 Å². The number of carbonyl (C=O) groups is 1. The van der Waals surface area contributed by atoms with Crippen molar-refractivity contribution in [2.24, 2.45) is 17.6 Å². The minimum atomic E-state index is -1.22. The molecule has 0 radical (unpaired) electrons. The minimum Gasteiger partial charge on any atom is -0.487 e. The maximum atomic E-state index is 15.1. The Hall–Kier alpha value is -1.74. The molecule has 0 spiro atoms. The molecule has 1 saturated carbocycles. The quantitative estimate of drug-likeness (QED) is 0.353. The summed E-state index contributed by atoms with van der Waals surface area (Å²) in [5, 5.41) is 22.1. The van der Waals surface area contributed by atoms with E-state index in [1.54, 1.807) is 26.2 Å². The summed E-state index contributed by atoms with van der Waals surface area (Å²) in [7, 11) is 1.65. The molecule has 3 unspecified atom stereocenters. The molecule has 3 rings (SSSR count). The lowest BCUT2D eigenvalue weighted by atomic mass is 9.74. The number of hydrogen-bond acceptors (Lipinski definition) is 6. The normalized spacial score (nSPS) is 27.9. The zero-order chi connectivity index (χ0) is 26.1. The number of methoxy groups -OCH3 is 1. The van der Waals surface area contributed by atoms with Crippen molar-refractivity contribution in [2.75, 3.05) is 26.8 Å². The van der Waals surface area contributed by atoms with Gasteiger partial charge in [0, 0.05) is 51.1 Å². The van der Waals surface area contributed by atoms with E-state index in [1.165, 1.54) is 0 Å². The van der Waals surface area contributed by atoms with Crippen molar-refractivity contribution in [1.29, 1.82) is 0 Å². The van der Waals surface area contributed by atoms with Crippen molar-refractivity contribution >= 4 is 5.91 Å². The number of carbonyl (C=O) groups excluding carboxylic acids is 1. The number of aliphatic hydroxyl groups is 2. The number of unbranched alkanes of at least 4 members (excludes halogenated alkanes) is 1. The molecule has 1 aromatic rings. The fraction of sp³-hybridized carbons (Fsp3) is 0.750. The van der Waals surface area contributed by atoms with Crippen LogP contribution in [0.5, 0.6) is 5.75 Å². The second-order valence-electron chi connectivity index (χ2n) is 10.7. The van der Waals surface area contributed by atoms with Crippen molar-refractivity contribution in [3.05, 3.63) is 30.3 Å². The van der Waals surface area contributed by atoms with Crippen LogP contribution in [0, 0.1) is 11.8 Å². The third-order valence-electron chi connectivity index (χ3n) is 8.01. The molecule has 8 heteroatoms. The largest absolute Gasteiger partial charge is 0.487 e. The summed E-state index contributed by atoms with van der Waals surface area (Å²) in [4.78, 5) is 15.1. The van der Waals surface area contributed by atoms with Gasteiger partial charge in [0.15, 0.2) is 0 Å². The number of benzene rings is 1. The Morgan fingerprint density at radius 2 is 2.03 bits per heavy atom. The van der Waals surface area contributed by atoms with Gasteiger partial charge in [0.05, 0.1) is 11.7 Å². The SMILES string of the molecule is CCC(F)C(C[C@@](O)(CCCCOC)C1CCCN(C(=O)[C@H]2C[C@@H](N)[C@@H](O)C2)C1)Oc1ccccc1. The average Bonchev–Trinajstić information content (AvgIpc) is 3.24. The molecule has 204 valence electrons. The lowest BCUT2D eigenvalue weighted by molar-refractivity contribution is -0.142. The highest BCUT2D eigenvalue weighted by atomic mass is 19.1. The molecule has 0 aromatic heterocycles. The van der Waals surface area contributed by atoms with E-state index in [9.17, 15) is 15.0 Å². The Balaban J connectivity index is 1.76. The molecular formula is C28H45FN2O5. The molecule has 36 heavy (non-hydrogen) atoms. The molecular weight excluding hydrogens is 463 g/mol. The van der Waals surface area contributed by atoms with Crippen LogP contribution in [-0.2, 0) is 9.53 Å². The van der Waals surface area contributed by atoms with Crippen LogP contribution in [0.2, 0.25) is 0 Å². The van der Waals surface area contributed by atoms with E-state index in [1.807, 2.05) is 23.1 Å². The van der Waals surface area contributed by atoms with E-state index < -0.39 is 24.0 Å². The first kappa shape index (κ1) is 28.8. The predicted octanol–water partition coefficient (Wildman–Crippen LogP) is 3.46. The van der Waals surface area contributed by atoms with Gasteiger partial charge >= 0.3 is 0 Å². The molecule has 7 nitrogen and oxygen atoms in total. The zero-order valence-electron chi connectivity index (χ0n) is 21.9. The topological polar surface area (TPSA) is 105 Å². The number of nitrogens with zero attached hydrogens (tertiary/aromatic N) is 1. The van der Waals surface area contributed by atoms with E-state index >= 15 is 4.39 Å². The third kappa shape index (κ3) is 7.63. The number of likely N-dealkylation sites (tertiary alicyclic amines) is 1. The van der Waals surface area contributed by atoms with Gasteiger partial charge < -0.3 is 30.3 Å². The summed E-state index contributed by atoms with van der Waals surface area (Å²) >= 11 is 0. The molecule has 1 aliphatic heterocycles. The maximum absolute atomic E-state index is 15.1. The van der Waals surface area contributed by atoms with Gasteiger partial charge in [-0.2, -0.15) is 0 Å². The van der Waals surface area contributed by atoms with Gasteiger partial charge in [-0.25, -0.2) is 4.39 Å². The van der Waals surface area contributed by atoms with Gasteiger partial charge in [-0.3, -0.25) is 4.79 Å². The summed E-state index contributed by atoms with van der Waals surface area (Å²) in [6, 6.07) is 8.80. The van der Waals surface area contributed by atoms with Gasteiger partial charge in [-0.1, -0.05) is 25.1 Å².